The number of rotatable bonds is 2. The first-order valence-electron chi connectivity index (χ1n) is 4.84. The lowest BCUT2D eigenvalue weighted by Crippen LogP contribution is -2.08. The van der Waals surface area contributed by atoms with Crippen LogP contribution >= 0.6 is 0 Å². The molecule has 76 valence electrons. The van der Waals surface area contributed by atoms with Crippen molar-refractivity contribution in [3.63, 3.8) is 0 Å². The monoisotopic (exact) mass is 201 g/mol. The lowest BCUT2D eigenvalue weighted by Gasteiger charge is -2.00. The lowest BCUT2D eigenvalue weighted by atomic mass is 9.90. The molecular weight excluding hydrogens is 189 g/mol. The Morgan fingerprint density at radius 2 is 2.33 bits per heavy atom. The van der Waals surface area contributed by atoms with E-state index in [2.05, 4.69) is 9.72 Å². The zero-order valence-electron chi connectivity index (χ0n) is 8.83. The summed E-state index contributed by atoms with van der Waals surface area (Å²) < 4.78 is 4.66. The summed E-state index contributed by atoms with van der Waals surface area (Å²) in [7, 11) is 3.45. The molecule has 2 aromatic rings. The number of aromatic amines is 1. The minimum atomic E-state index is -0.209. The maximum Gasteiger partial charge on any atom is 0.310 e. The van der Waals surface area contributed by atoms with Gasteiger partial charge in [0.25, 0.3) is 0 Å². The Balaban J connectivity index is 2.48. The van der Waals surface area contributed by atoms with Gasteiger partial charge in [0.05, 0.1) is 13.5 Å². The Labute approximate surface area is 88.8 Å². The second-order valence-electron chi connectivity index (χ2n) is 3.56. The van der Waals surface area contributed by atoms with Crippen molar-refractivity contribution in [2.24, 2.45) is 0 Å². The number of hydrogen-bond acceptors (Lipinski definition) is 2. The summed E-state index contributed by atoms with van der Waals surface area (Å²) in [6.45, 7) is 0. The van der Waals surface area contributed by atoms with E-state index in [0.29, 0.717) is 6.42 Å². The average molecular weight is 201 g/mol. The van der Waals surface area contributed by atoms with Gasteiger partial charge < -0.3 is 9.72 Å². The summed E-state index contributed by atoms with van der Waals surface area (Å²) in [5.74, 6) is -0.209. The number of hydrogen-bond donors (Lipinski definition) is 1. The van der Waals surface area contributed by atoms with Crippen molar-refractivity contribution in [2.45, 2.75) is 6.42 Å². The van der Waals surface area contributed by atoms with Gasteiger partial charge in [0, 0.05) is 11.7 Å². The van der Waals surface area contributed by atoms with Crippen LogP contribution in [-0.2, 0) is 16.0 Å². The maximum atomic E-state index is 11.2. The Hall–Kier alpha value is -1.71. The number of fused-ring (bicyclic) bond motifs is 1. The third-order valence-electron chi connectivity index (χ3n) is 2.56. The van der Waals surface area contributed by atoms with Crippen molar-refractivity contribution in [1.29, 1.82) is 0 Å². The number of benzene rings is 1. The largest absolute Gasteiger partial charge is 0.469 e. The molecule has 4 heteroatoms. The van der Waals surface area contributed by atoms with Crippen LogP contribution in [0.1, 0.15) is 5.56 Å². The fourth-order valence-electron chi connectivity index (χ4n) is 1.82. The highest BCUT2D eigenvalue weighted by Gasteiger charge is 2.09. The molecule has 3 nitrogen and oxygen atoms in total. The van der Waals surface area contributed by atoms with Crippen LogP contribution in [-0.4, -0.2) is 25.9 Å². The fraction of sp³-hybridized carbons (Fsp3) is 0.182. The van der Waals surface area contributed by atoms with E-state index < -0.39 is 0 Å². The summed E-state index contributed by atoms with van der Waals surface area (Å²) in [6.07, 6.45) is 2.19. The highest BCUT2D eigenvalue weighted by atomic mass is 16.5. The van der Waals surface area contributed by atoms with Crippen LogP contribution in [0.15, 0.2) is 24.4 Å². The molecule has 0 aliphatic carbocycles. The topological polar surface area (TPSA) is 42.1 Å². The van der Waals surface area contributed by atoms with Gasteiger partial charge in [-0.1, -0.05) is 17.6 Å². The first-order chi connectivity index (χ1) is 7.22. The molecule has 1 heterocycles. The van der Waals surface area contributed by atoms with Gasteiger partial charge >= 0.3 is 5.97 Å². The second kappa shape index (κ2) is 3.81. The summed E-state index contributed by atoms with van der Waals surface area (Å²) >= 11 is 0. The lowest BCUT2D eigenvalue weighted by molar-refractivity contribution is -0.139. The predicted octanol–water partition coefficient (Wildman–Crippen LogP) is 0.142. The van der Waals surface area contributed by atoms with Gasteiger partial charge in [-0.05, 0) is 17.0 Å². The van der Waals surface area contributed by atoms with Crippen molar-refractivity contribution in [3.8, 4) is 0 Å². The molecule has 0 fully saturated rings. The van der Waals surface area contributed by atoms with Crippen LogP contribution in [0, 0.1) is 0 Å². The quantitative estimate of drug-likeness (QED) is 0.554. The molecule has 0 aliphatic heterocycles. The highest BCUT2D eigenvalue weighted by Crippen LogP contribution is 2.16. The van der Waals surface area contributed by atoms with E-state index in [9.17, 15) is 4.79 Å². The fourth-order valence-corrected chi connectivity index (χ4v) is 1.82. The average Bonchev–Trinajstić information content (AvgIpc) is 2.63. The van der Waals surface area contributed by atoms with Crippen LogP contribution in [0.2, 0.25) is 0 Å². The molecule has 0 unspecified atom stereocenters. The van der Waals surface area contributed by atoms with E-state index in [4.69, 9.17) is 0 Å². The Morgan fingerprint density at radius 3 is 3.07 bits per heavy atom. The summed E-state index contributed by atoms with van der Waals surface area (Å²) in [4.78, 5) is 14.3. The molecule has 1 aromatic heterocycles. The second-order valence-corrected chi connectivity index (χ2v) is 3.56. The van der Waals surface area contributed by atoms with Gasteiger partial charge in [0.2, 0.25) is 0 Å². The predicted molar refractivity (Wildman–Crippen MR) is 62.2 cm³/mol. The van der Waals surface area contributed by atoms with Crippen LogP contribution in [0.5, 0.6) is 0 Å². The third-order valence-corrected chi connectivity index (χ3v) is 2.56. The van der Waals surface area contributed by atoms with E-state index in [1.54, 1.807) is 0 Å². The van der Waals surface area contributed by atoms with Crippen molar-refractivity contribution in [1.82, 2.24) is 4.98 Å². The van der Waals surface area contributed by atoms with Crippen molar-refractivity contribution in [2.75, 3.05) is 7.11 Å². The van der Waals surface area contributed by atoms with Crippen LogP contribution in [0.4, 0.5) is 0 Å². The van der Waals surface area contributed by atoms with E-state index >= 15 is 0 Å². The number of H-pyrrole nitrogens is 1. The van der Waals surface area contributed by atoms with Crippen LogP contribution in [0.25, 0.3) is 10.9 Å². The SMILES string of the molecule is Bc1cccc2[nH]cc(CC(=O)OC)c12. The number of carbonyl (C=O) groups excluding carboxylic acids is 1. The van der Waals surface area contributed by atoms with E-state index in [1.807, 2.05) is 32.2 Å². The molecule has 0 aliphatic rings. The number of methoxy groups -OCH3 is 1. The van der Waals surface area contributed by atoms with Crippen molar-refractivity contribution in [3.05, 3.63) is 30.0 Å². The van der Waals surface area contributed by atoms with Gasteiger partial charge in [0.1, 0.15) is 7.85 Å². The molecule has 0 bridgehead atoms. The first-order valence-corrected chi connectivity index (χ1v) is 4.84. The number of esters is 1. The Kier molecular flexibility index (Phi) is 2.50. The molecule has 0 spiro atoms. The minimum Gasteiger partial charge on any atom is -0.469 e. The first kappa shape index (κ1) is 9.83. The maximum absolute atomic E-state index is 11.2. The Morgan fingerprint density at radius 1 is 1.53 bits per heavy atom. The molecule has 0 saturated heterocycles. The van der Waals surface area contributed by atoms with Crippen LogP contribution < -0.4 is 5.46 Å². The zero-order valence-corrected chi connectivity index (χ0v) is 8.83. The number of ether oxygens (including phenoxy) is 1. The molecule has 0 atom stereocenters. The van der Waals surface area contributed by atoms with E-state index in [0.717, 1.165) is 16.5 Å². The molecule has 2 rings (SSSR count). The molecule has 1 aromatic carbocycles. The van der Waals surface area contributed by atoms with Gasteiger partial charge in [-0.25, -0.2) is 0 Å². The summed E-state index contributed by atoms with van der Waals surface area (Å²) in [5, 5.41) is 1.13. The van der Waals surface area contributed by atoms with Gasteiger partial charge in [-0.2, -0.15) is 0 Å². The Bertz CT molecular complexity index is 504. The number of nitrogens with one attached hydrogen (secondary N) is 1. The normalized spacial score (nSPS) is 10.5. The summed E-state index contributed by atoms with van der Waals surface area (Å²) in [6, 6.07) is 6.04. The third kappa shape index (κ3) is 1.75. The molecule has 0 radical (unpaired) electrons. The van der Waals surface area contributed by atoms with Crippen molar-refractivity contribution < 1.29 is 9.53 Å². The van der Waals surface area contributed by atoms with Gasteiger partial charge in [-0.3, -0.25) is 4.79 Å². The van der Waals surface area contributed by atoms with Gasteiger partial charge in [-0.15, -0.1) is 0 Å². The molecule has 1 N–H and O–H groups in total. The van der Waals surface area contributed by atoms with E-state index in [1.165, 1.54) is 12.6 Å². The molecule has 0 saturated carbocycles. The van der Waals surface area contributed by atoms with Crippen LogP contribution in [0.3, 0.4) is 0 Å². The minimum absolute atomic E-state index is 0.209. The molecule has 0 amide bonds. The number of carbonyl (C=O) groups is 1. The van der Waals surface area contributed by atoms with E-state index in [-0.39, 0.29) is 5.97 Å². The highest BCUT2D eigenvalue weighted by molar-refractivity contribution is 6.39. The molecular formula is C11H12BNO2. The smallest absolute Gasteiger partial charge is 0.310 e. The standard InChI is InChI=1S/C11H12BNO2/c1-15-10(14)5-7-6-13-9-4-2-3-8(12)11(7)9/h2-4,6,13H,5,12H2,1H3. The van der Waals surface area contributed by atoms with Gasteiger partial charge in [0.15, 0.2) is 0 Å². The zero-order chi connectivity index (χ0) is 10.8. The number of aromatic nitrogens is 1. The van der Waals surface area contributed by atoms with Crippen molar-refractivity contribution >= 4 is 30.2 Å². The summed E-state index contributed by atoms with van der Waals surface area (Å²) in [5.41, 5.74) is 3.23. The molecule has 15 heavy (non-hydrogen) atoms.